The Hall–Kier alpha value is -3.47. The van der Waals surface area contributed by atoms with Crippen LogP contribution in [-0.2, 0) is 0 Å². The summed E-state index contributed by atoms with van der Waals surface area (Å²) in [5.41, 5.74) is 0.165. The van der Waals surface area contributed by atoms with Gasteiger partial charge in [0.1, 0.15) is 17.7 Å². The molecule has 4 heterocycles. The number of hydrogen-bond donors (Lipinski definition) is 2. The van der Waals surface area contributed by atoms with Gasteiger partial charge in [-0.2, -0.15) is 9.37 Å². The number of aromatic hydroxyl groups is 1. The lowest BCUT2D eigenvalue weighted by Gasteiger charge is -2.40. The number of fused-ring (bicyclic) bond motifs is 2. The molecule has 1 aliphatic carbocycles. The summed E-state index contributed by atoms with van der Waals surface area (Å²) in [7, 11) is 1.32. The number of phenolic OH excluding ortho intramolecular Hbond substituents is 1. The van der Waals surface area contributed by atoms with Gasteiger partial charge in [0.25, 0.3) is 0 Å². The minimum atomic E-state index is -1.01. The van der Waals surface area contributed by atoms with Crippen molar-refractivity contribution < 1.29 is 23.0 Å². The molecule has 6 rings (SSSR count). The van der Waals surface area contributed by atoms with Crippen LogP contribution < -0.4 is 15.0 Å². The van der Waals surface area contributed by atoms with Crippen LogP contribution in [0, 0.1) is 11.8 Å². The van der Waals surface area contributed by atoms with Crippen molar-refractivity contribution in [2.45, 2.75) is 62.4 Å². The molecule has 3 fully saturated rings. The molecule has 11 heteroatoms. The van der Waals surface area contributed by atoms with Gasteiger partial charge in [0.15, 0.2) is 11.6 Å². The lowest BCUT2D eigenvalue weighted by atomic mass is 9.96. The van der Waals surface area contributed by atoms with Crippen LogP contribution >= 0.6 is 0 Å². The Kier molecular flexibility index (Phi) is 5.66. The highest BCUT2D eigenvalue weighted by atomic mass is 19.1. The number of rotatable bonds is 6. The fraction of sp³-hybridized carbons (Fsp3) is 0.440. The fourth-order valence-corrected chi connectivity index (χ4v) is 5.43. The number of halogens is 3. The zero-order chi connectivity index (χ0) is 25.0. The average Bonchev–Trinajstić information content (AvgIpc) is 3.63. The van der Waals surface area contributed by atoms with Gasteiger partial charge in [-0.3, -0.25) is 0 Å². The quantitative estimate of drug-likeness (QED) is 0.496. The number of ether oxygens (including phenoxy) is 1. The van der Waals surface area contributed by atoms with E-state index in [4.69, 9.17) is 4.74 Å². The van der Waals surface area contributed by atoms with Crippen LogP contribution in [0.1, 0.15) is 32.1 Å². The van der Waals surface area contributed by atoms with Crippen molar-refractivity contribution in [2.24, 2.45) is 0 Å². The lowest BCUT2D eigenvalue weighted by Crippen LogP contribution is -2.57. The summed E-state index contributed by atoms with van der Waals surface area (Å²) in [6, 6.07) is 4.74. The highest BCUT2D eigenvalue weighted by Crippen LogP contribution is 2.40. The monoisotopic (exact) mass is 498 g/mol. The molecule has 2 saturated heterocycles. The minimum absolute atomic E-state index is 0.0198. The predicted octanol–water partition coefficient (Wildman–Crippen LogP) is 3.79. The van der Waals surface area contributed by atoms with Crippen molar-refractivity contribution in [3.8, 4) is 34.1 Å². The Labute approximate surface area is 205 Å². The predicted molar refractivity (Wildman–Crippen MR) is 125 cm³/mol. The van der Waals surface area contributed by atoms with Gasteiger partial charge < -0.3 is 20.1 Å². The number of benzene rings is 1. The number of nitrogens with zero attached hydrogens (tertiary/aromatic N) is 5. The van der Waals surface area contributed by atoms with E-state index in [1.54, 1.807) is 0 Å². The molecule has 0 amide bonds. The minimum Gasteiger partial charge on any atom is -0.507 e. The molecular weight excluding hydrogens is 473 g/mol. The number of pyridine rings is 1. The summed E-state index contributed by atoms with van der Waals surface area (Å²) in [6.45, 7) is 0. The van der Waals surface area contributed by atoms with Crippen LogP contribution in [0.3, 0.4) is 0 Å². The number of piperidine rings is 1. The fourth-order valence-electron chi connectivity index (χ4n) is 5.43. The summed E-state index contributed by atoms with van der Waals surface area (Å²) >= 11 is 0. The van der Waals surface area contributed by atoms with Gasteiger partial charge in [-0.1, -0.05) is 0 Å². The van der Waals surface area contributed by atoms with E-state index in [9.17, 15) is 9.50 Å². The molecule has 3 aromatic rings. The maximum absolute atomic E-state index is 15.3. The highest BCUT2D eigenvalue weighted by Gasteiger charge is 2.48. The van der Waals surface area contributed by atoms with E-state index in [0.29, 0.717) is 18.3 Å². The third-order valence-electron chi connectivity index (χ3n) is 7.28. The number of phenols is 1. The summed E-state index contributed by atoms with van der Waals surface area (Å²) in [5, 5.41) is 22.4. The molecule has 4 unspecified atom stereocenters. The van der Waals surface area contributed by atoms with Crippen molar-refractivity contribution in [1.29, 1.82) is 0 Å². The largest absolute Gasteiger partial charge is 0.507 e. The maximum atomic E-state index is 15.3. The van der Waals surface area contributed by atoms with E-state index >= 15 is 8.78 Å². The molecular formula is C25H25F3N6O2. The SMILES string of the molecule is COc1cc(-c2cc(O)c(-c3ncc(N(C4CC4)C4CC5CCC(N5)C4F)nn3)cc2F)cc(F)n1. The Balaban J connectivity index is 1.29. The van der Waals surface area contributed by atoms with Crippen LogP contribution in [0.15, 0.2) is 30.5 Å². The van der Waals surface area contributed by atoms with Gasteiger partial charge in [-0.25, -0.2) is 13.8 Å². The molecule has 2 N–H and O–H groups in total. The topological polar surface area (TPSA) is 96.3 Å². The molecule has 188 valence electrons. The third-order valence-corrected chi connectivity index (χ3v) is 7.28. The standard InChI is InChI=1S/C25H25F3N6O2/c1-36-23-7-12(6-21(27)31-23)15-10-20(35)16(9-17(15)26)25-29-11-22(32-33-25)34(14-3-4-14)19-8-13-2-5-18(30-13)24(19)28/h6-7,9-11,13-14,18-19,24,30,35H,2-5,8H2,1H3. The molecule has 36 heavy (non-hydrogen) atoms. The first-order chi connectivity index (χ1) is 17.4. The Bertz CT molecular complexity index is 1290. The first kappa shape index (κ1) is 23.0. The summed E-state index contributed by atoms with van der Waals surface area (Å²) in [5.74, 6) is -1.37. The number of methoxy groups -OCH3 is 1. The van der Waals surface area contributed by atoms with Crippen molar-refractivity contribution in [2.75, 3.05) is 12.0 Å². The number of alkyl halides is 1. The van der Waals surface area contributed by atoms with E-state index in [1.165, 1.54) is 25.4 Å². The number of hydrogen-bond acceptors (Lipinski definition) is 8. The van der Waals surface area contributed by atoms with Gasteiger partial charge in [0.2, 0.25) is 11.8 Å². The third kappa shape index (κ3) is 4.11. The van der Waals surface area contributed by atoms with Gasteiger partial charge in [0, 0.05) is 35.8 Å². The second-order valence-corrected chi connectivity index (χ2v) is 9.64. The average molecular weight is 499 g/mol. The molecule has 1 aromatic carbocycles. The van der Waals surface area contributed by atoms with Gasteiger partial charge in [-0.05, 0) is 49.8 Å². The smallest absolute Gasteiger partial charge is 0.216 e. The van der Waals surface area contributed by atoms with E-state index in [2.05, 4.69) is 25.5 Å². The molecule has 8 nitrogen and oxygen atoms in total. The van der Waals surface area contributed by atoms with Crippen molar-refractivity contribution in [3.63, 3.8) is 0 Å². The second kappa shape index (κ2) is 8.88. The Morgan fingerprint density at radius 3 is 2.61 bits per heavy atom. The Morgan fingerprint density at radius 1 is 1.06 bits per heavy atom. The van der Waals surface area contributed by atoms with E-state index in [1.807, 2.05) is 4.90 Å². The molecule has 0 spiro atoms. The lowest BCUT2D eigenvalue weighted by molar-refractivity contribution is 0.171. The van der Waals surface area contributed by atoms with Crippen molar-refractivity contribution >= 4 is 5.82 Å². The molecule has 2 aromatic heterocycles. The molecule has 2 bridgehead atoms. The molecule has 3 aliphatic rings. The molecule has 4 atom stereocenters. The van der Waals surface area contributed by atoms with Crippen LogP contribution in [-0.4, -0.2) is 62.7 Å². The first-order valence-electron chi connectivity index (χ1n) is 12.0. The molecule has 0 radical (unpaired) electrons. The van der Waals surface area contributed by atoms with Crippen molar-refractivity contribution in [3.05, 3.63) is 42.2 Å². The van der Waals surface area contributed by atoms with Crippen LogP contribution in [0.5, 0.6) is 11.6 Å². The second-order valence-electron chi connectivity index (χ2n) is 9.64. The highest BCUT2D eigenvalue weighted by molar-refractivity contribution is 5.74. The van der Waals surface area contributed by atoms with E-state index < -0.39 is 17.9 Å². The van der Waals surface area contributed by atoms with Crippen molar-refractivity contribution in [1.82, 2.24) is 25.5 Å². The zero-order valence-electron chi connectivity index (χ0n) is 19.5. The first-order valence-corrected chi connectivity index (χ1v) is 12.0. The van der Waals surface area contributed by atoms with Gasteiger partial charge in [0.05, 0.1) is 24.9 Å². The summed E-state index contributed by atoms with van der Waals surface area (Å²) in [6.07, 6.45) is 4.93. The van der Waals surface area contributed by atoms with Gasteiger partial charge in [-0.15, -0.1) is 10.2 Å². The Morgan fingerprint density at radius 2 is 1.89 bits per heavy atom. The number of anilines is 1. The molecule has 2 aliphatic heterocycles. The van der Waals surface area contributed by atoms with Crippen LogP contribution in [0.2, 0.25) is 0 Å². The normalized spacial score (nSPS) is 25.1. The summed E-state index contributed by atoms with van der Waals surface area (Å²) < 4.78 is 49.1. The van der Waals surface area contributed by atoms with Gasteiger partial charge >= 0.3 is 0 Å². The summed E-state index contributed by atoms with van der Waals surface area (Å²) in [4.78, 5) is 9.89. The maximum Gasteiger partial charge on any atom is 0.216 e. The van der Waals surface area contributed by atoms with Crippen LogP contribution in [0.25, 0.3) is 22.5 Å². The van der Waals surface area contributed by atoms with E-state index in [0.717, 1.165) is 37.8 Å². The van der Waals surface area contributed by atoms with Crippen LogP contribution in [0.4, 0.5) is 19.0 Å². The number of aromatic nitrogens is 4. The zero-order valence-corrected chi connectivity index (χ0v) is 19.5. The van der Waals surface area contributed by atoms with E-state index in [-0.39, 0.29) is 52.3 Å². The number of nitrogens with one attached hydrogen (secondary N) is 1. The molecule has 1 saturated carbocycles.